The van der Waals surface area contributed by atoms with E-state index in [4.69, 9.17) is 9.47 Å². The van der Waals surface area contributed by atoms with Crippen molar-refractivity contribution in [1.29, 1.82) is 0 Å². The summed E-state index contributed by atoms with van der Waals surface area (Å²) >= 11 is 0. The quantitative estimate of drug-likeness (QED) is 0.760. The highest BCUT2D eigenvalue weighted by Crippen LogP contribution is 2.17. The molecule has 0 aliphatic carbocycles. The molecule has 20 heavy (non-hydrogen) atoms. The highest BCUT2D eigenvalue weighted by atomic mass is 16.5. The van der Waals surface area contributed by atoms with Gasteiger partial charge in [-0.15, -0.1) is 0 Å². The number of ether oxygens (including phenoxy) is 2. The smallest absolute Gasteiger partial charge is 0.151 e. The van der Waals surface area contributed by atoms with Crippen molar-refractivity contribution in [1.82, 2.24) is 4.57 Å². The summed E-state index contributed by atoms with van der Waals surface area (Å²) in [6.45, 7) is 5.22. The van der Waals surface area contributed by atoms with Gasteiger partial charge in [-0.3, -0.25) is 4.79 Å². The first-order valence-electron chi connectivity index (χ1n) is 6.54. The fraction of sp³-hybridized carbons (Fsp3) is 0.312. The Morgan fingerprint density at radius 3 is 2.35 bits per heavy atom. The van der Waals surface area contributed by atoms with Gasteiger partial charge in [0.1, 0.15) is 18.1 Å². The Hall–Kier alpha value is -2.23. The molecule has 0 N–H and O–H groups in total. The Morgan fingerprint density at radius 1 is 1.15 bits per heavy atom. The molecule has 1 aromatic heterocycles. The van der Waals surface area contributed by atoms with Crippen LogP contribution < -0.4 is 9.47 Å². The molecule has 2 rings (SSSR count). The monoisotopic (exact) mass is 273 g/mol. The van der Waals surface area contributed by atoms with Crippen molar-refractivity contribution in [3.8, 4) is 11.5 Å². The predicted molar refractivity (Wildman–Crippen MR) is 77.8 cm³/mol. The number of aryl methyl sites for hydroxylation is 1. The van der Waals surface area contributed by atoms with Gasteiger partial charge in [0, 0.05) is 17.0 Å². The van der Waals surface area contributed by atoms with Gasteiger partial charge in [0.2, 0.25) is 0 Å². The van der Waals surface area contributed by atoms with E-state index in [1.807, 2.05) is 44.2 Å². The maximum atomic E-state index is 10.9. The van der Waals surface area contributed by atoms with E-state index in [9.17, 15) is 4.79 Å². The number of rotatable bonds is 6. The van der Waals surface area contributed by atoms with Crippen LogP contribution in [0.15, 0.2) is 30.3 Å². The van der Waals surface area contributed by atoms with Crippen molar-refractivity contribution < 1.29 is 14.3 Å². The van der Waals surface area contributed by atoms with Gasteiger partial charge >= 0.3 is 0 Å². The molecule has 0 fully saturated rings. The van der Waals surface area contributed by atoms with Crippen LogP contribution in [0.5, 0.6) is 11.5 Å². The fourth-order valence-corrected chi connectivity index (χ4v) is 2.22. The topological polar surface area (TPSA) is 40.5 Å². The average molecular weight is 273 g/mol. The van der Waals surface area contributed by atoms with E-state index >= 15 is 0 Å². The fourth-order valence-electron chi connectivity index (χ4n) is 2.22. The molecule has 4 nitrogen and oxygen atoms in total. The number of carbonyl (C=O) groups excluding carboxylic acids is 1. The molecule has 0 saturated heterocycles. The Balaban J connectivity index is 1.95. The van der Waals surface area contributed by atoms with E-state index in [0.717, 1.165) is 41.3 Å². The zero-order chi connectivity index (χ0) is 14.5. The largest absolute Gasteiger partial charge is 0.497 e. The molecule has 1 heterocycles. The Morgan fingerprint density at radius 2 is 1.80 bits per heavy atom. The normalized spacial score (nSPS) is 10.3. The van der Waals surface area contributed by atoms with Crippen molar-refractivity contribution in [2.24, 2.45) is 0 Å². The third-order valence-electron chi connectivity index (χ3n) is 3.38. The van der Waals surface area contributed by atoms with Gasteiger partial charge in [-0.25, -0.2) is 0 Å². The standard InChI is InChI=1S/C16H19NO3/c1-12-10-14(11-18)13(2)17(12)8-9-20-16-6-4-15(19-3)5-7-16/h4-7,10-11H,8-9H2,1-3H3. The van der Waals surface area contributed by atoms with Gasteiger partial charge in [-0.05, 0) is 44.2 Å². The van der Waals surface area contributed by atoms with E-state index in [2.05, 4.69) is 4.57 Å². The summed E-state index contributed by atoms with van der Waals surface area (Å²) < 4.78 is 12.9. The lowest BCUT2D eigenvalue weighted by Crippen LogP contribution is -2.11. The molecule has 0 spiro atoms. The first-order chi connectivity index (χ1) is 9.65. The first-order valence-corrected chi connectivity index (χ1v) is 6.54. The van der Waals surface area contributed by atoms with Gasteiger partial charge in [0.25, 0.3) is 0 Å². The molecule has 0 saturated carbocycles. The van der Waals surface area contributed by atoms with Gasteiger partial charge in [-0.1, -0.05) is 0 Å². The van der Waals surface area contributed by atoms with Crippen LogP contribution in [0.4, 0.5) is 0 Å². The summed E-state index contributed by atoms with van der Waals surface area (Å²) in [6.07, 6.45) is 0.892. The van der Waals surface area contributed by atoms with Crippen molar-refractivity contribution in [2.45, 2.75) is 20.4 Å². The molecule has 0 unspecified atom stereocenters. The lowest BCUT2D eigenvalue weighted by Gasteiger charge is -2.11. The van der Waals surface area contributed by atoms with E-state index in [1.54, 1.807) is 7.11 Å². The van der Waals surface area contributed by atoms with Gasteiger partial charge in [0.05, 0.1) is 13.7 Å². The van der Waals surface area contributed by atoms with Gasteiger partial charge in [-0.2, -0.15) is 0 Å². The SMILES string of the molecule is COc1ccc(OCCn2c(C)cc(C=O)c2C)cc1. The van der Waals surface area contributed by atoms with Crippen LogP contribution in [-0.2, 0) is 6.54 Å². The molecule has 0 atom stereocenters. The maximum absolute atomic E-state index is 10.9. The molecular formula is C16H19NO3. The highest BCUT2D eigenvalue weighted by molar-refractivity contribution is 5.77. The average Bonchev–Trinajstić information content (AvgIpc) is 2.75. The molecule has 0 amide bonds. The molecule has 0 bridgehead atoms. The van der Waals surface area contributed by atoms with Crippen LogP contribution in [-0.4, -0.2) is 24.6 Å². The number of hydrogen-bond donors (Lipinski definition) is 0. The summed E-state index contributed by atoms with van der Waals surface area (Å²) in [5, 5.41) is 0. The molecule has 0 aliphatic rings. The van der Waals surface area contributed by atoms with Crippen LogP contribution in [0.25, 0.3) is 0 Å². The van der Waals surface area contributed by atoms with Crippen LogP contribution in [0.1, 0.15) is 21.7 Å². The minimum Gasteiger partial charge on any atom is -0.497 e. The summed E-state index contributed by atoms with van der Waals surface area (Å²) in [5.74, 6) is 1.62. The second-order valence-electron chi connectivity index (χ2n) is 4.62. The second kappa shape index (κ2) is 6.28. The van der Waals surface area contributed by atoms with Crippen molar-refractivity contribution >= 4 is 6.29 Å². The Labute approximate surface area is 118 Å². The van der Waals surface area contributed by atoms with Crippen LogP contribution in [0.3, 0.4) is 0 Å². The summed E-state index contributed by atoms with van der Waals surface area (Å²) in [4.78, 5) is 10.9. The van der Waals surface area contributed by atoms with Gasteiger partial charge < -0.3 is 14.0 Å². The zero-order valence-corrected chi connectivity index (χ0v) is 12.1. The highest BCUT2D eigenvalue weighted by Gasteiger charge is 2.07. The van der Waals surface area contributed by atoms with E-state index in [-0.39, 0.29) is 0 Å². The number of hydrogen-bond acceptors (Lipinski definition) is 3. The maximum Gasteiger partial charge on any atom is 0.151 e. The third kappa shape index (κ3) is 3.02. The number of benzene rings is 1. The zero-order valence-electron chi connectivity index (χ0n) is 12.1. The lowest BCUT2D eigenvalue weighted by atomic mass is 10.3. The molecule has 106 valence electrons. The van der Waals surface area contributed by atoms with Crippen molar-refractivity contribution in [2.75, 3.05) is 13.7 Å². The predicted octanol–water partition coefficient (Wildman–Crippen LogP) is 3.01. The lowest BCUT2D eigenvalue weighted by molar-refractivity contribution is 0.112. The number of carbonyl (C=O) groups is 1. The third-order valence-corrected chi connectivity index (χ3v) is 3.38. The van der Waals surface area contributed by atoms with Crippen molar-refractivity contribution in [3.05, 3.63) is 47.3 Å². The van der Waals surface area contributed by atoms with Crippen LogP contribution in [0, 0.1) is 13.8 Å². The van der Waals surface area contributed by atoms with E-state index in [0.29, 0.717) is 6.61 Å². The minimum absolute atomic E-state index is 0.557. The molecule has 0 aliphatic heterocycles. The number of aromatic nitrogens is 1. The molecule has 4 heteroatoms. The Kier molecular flexibility index (Phi) is 4.45. The summed E-state index contributed by atoms with van der Waals surface area (Å²) in [7, 11) is 1.64. The Bertz CT molecular complexity index is 585. The number of methoxy groups -OCH3 is 1. The summed E-state index contributed by atoms with van der Waals surface area (Å²) in [5.41, 5.74) is 2.80. The summed E-state index contributed by atoms with van der Waals surface area (Å²) in [6, 6.07) is 9.39. The second-order valence-corrected chi connectivity index (χ2v) is 4.62. The molecule has 0 radical (unpaired) electrons. The number of aldehydes is 1. The molecule has 2 aromatic rings. The first kappa shape index (κ1) is 14.2. The van der Waals surface area contributed by atoms with Crippen LogP contribution in [0.2, 0.25) is 0 Å². The molecule has 1 aromatic carbocycles. The molecular weight excluding hydrogens is 254 g/mol. The van der Waals surface area contributed by atoms with Gasteiger partial charge in [0.15, 0.2) is 6.29 Å². The van der Waals surface area contributed by atoms with Crippen molar-refractivity contribution in [3.63, 3.8) is 0 Å². The van der Waals surface area contributed by atoms with E-state index < -0.39 is 0 Å². The number of nitrogens with zero attached hydrogens (tertiary/aromatic N) is 1. The van der Waals surface area contributed by atoms with Crippen LogP contribution >= 0.6 is 0 Å². The van der Waals surface area contributed by atoms with E-state index in [1.165, 1.54) is 0 Å². The minimum atomic E-state index is 0.557.